The first kappa shape index (κ1) is 15.4. The van der Waals surface area contributed by atoms with Crippen LogP contribution in [0.5, 0.6) is 0 Å². The highest BCUT2D eigenvalue weighted by Gasteiger charge is 2.26. The van der Waals surface area contributed by atoms with Gasteiger partial charge in [-0.2, -0.15) is 13.2 Å². The van der Waals surface area contributed by atoms with Crippen LogP contribution in [0.4, 0.5) is 13.2 Å². The van der Waals surface area contributed by atoms with Crippen molar-refractivity contribution in [2.45, 2.75) is 39.4 Å². The van der Waals surface area contributed by atoms with Gasteiger partial charge in [0.05, 0.1) is 5.56 Å². The van der Waals surface area contributed by atoms with Crippen molar-refractivity contribution in [3.63, 3.8) is 0 Å². The summed E-state index contributed by atoms with van der Waals surface area (Å²) in [7, 11) is 0. The Balaban J connectivity index is 2.36. The molecule has 0 bridgehead atoms. The lowest BCUT2D eigenvalue weighted by molar-refractivity contribution is -0.135. The average Bonchev–Trinajstić information content (AvgIpc) is 2.62. The summed E-state index contributed by atoms with van der Waals surface area (Å²) >= 11 is 0. The van der Waals surface area contributed by atoms with Crippen LogP contribution < -0.4 is 0 Å². The molecule has 0 aliphatic heterocycles. The van der Waals surface area contributed by atoms with E-state index in [9.17, 15) is 18.0 Å². The first-order valence-corrected chi connectivity index (χ1v) is 6.60. The van der Waals surface area contributed by atoms with Gasteiger partial charge in [-0.05, 0) is 44.0 Å². The van der Waals surface area contributed by atoms with Crippen molar-refractivity contribution in [2.24, 2.45) is 0 Å². The maximum absolute atomic E-state index is 12.2. The number of aromatic carboxylic acids is 1. The first-order valence-electron chi connectivity index (χ1n) is 6.60. The Kier molecular flexibility index (Phi) is 3.98. The smallest absolute Gasteiger partial charge is 0.389 e. The van der Waals surface area contributed by atoms with E-state index in [4.69, 9.17) is 5.11 Å². The molecular weight excluding hydrogens is 283 g/mol. The van der Waals surface area contributed by atoms with Crippen molar-refractivity contribution in [3.8, 4) is 0 Å². The monoisotopic (exact) mass is 299 g/mol. The van der Waals surface area contributed by atoms with Crippen LogP contribution in [-0.2, 0) is 6.54 Å². The molecule has 0 atom stereocenters. The third kappa shape index (κ3) is 3.20. The van der Waals surface area contributed by atoms with Crippen LogP contribution in [0.1, 0.15) is 34.5 Å². The highest BCUT2D eigenvalue weighted by molar-refractivity contribution is 5.95. The number of alkyl halides is 3. The van der Waals surface area contributed by atoms with Crippen molar-refractivity contribution in [3.05, 3.63) is 35.0 Å². The Labute approximate surface area is 120 Å². The number of carboxylic acid groups (broad SMARTS) is 1. The summed E-state index contributed by atoms with van der Waals surface area (Å²) in [5, 5.41) is 9.79. The second-order valence-electron chi connectivity index (χ2n) is 5.12. The molecule has 0 fully saturated rings. The van der Waals surface area contributed by atoms with Gasteiger partial charge in [0.1, 0.15) is 0 Å². The van der Waals surface area contributed by atoms with E-state index in [2.05, 4.69) is 0 Å². The molecule has 1 aromatic heterocycles. The molecule has 0 saturated heterocycles. The summed E-state index contributed by atoms with van der Waals surface area (Å²) in [6, 6.07) is 4.70. The topological polar surface area (TPSA) is 42.2 Å². The largest absolute Gasteiger partial charge is 0.478 e. The summed E-state index contributed by atoms with van der Waals surface area (Å²) in [5.74, 6) is -1.02. The molecule has 0 saturated carbocycles. The van der Waals surface area contributed by atoms with E-state index in [1.54, 1.807) is 12.1 Å². The summed E-state index contributed by atoms with van der Waals surface area (Å²) in [6.07, 6.45) is -4.96. The lowest BCUT2D eigenvalue weighted by atomic mass is 10.1. The number of nitrogens with zero attached hydrogens (tertiary/aromatic N) is 1. The molecule has 2 aromatic rings. The number of hydrogen-bond acceptors (Lipinski definition) is 1. The van der Waals surface area contributed by atoms with Crippen molar-refractivity contribution >= 4 is 16.9 Å². The number of hydrogen-bond donors (Lipinski definition) is 1. The minimum absolute atomic E-state index is 0.00818. The SMILES string of the molecule is Cc1c(C)n(CCCC(F)(F)F)c2ccc(C(=O)O)cc12. The number of halogens is 3. The molecule has 0 radical (unpaired) electrons. The third-order valence-corrected chi connectivity index (χ3v) is 3.73. The number of carboxylic acids is 1. The quantitative estimate of drug-likeness (QED) is 0.914. The predicted octanol–water partition coefficient (Wildman–Crippen LogP) is 4.30. The van der Waals surface area contributed by atoms with Gasteiger partial charge in [-0.1, -0.05) is 0 Å². The lowest BCUT2D eigenvalue weighted by Gasteiger charge is -2.10. The zero-order valence-corrected chi connectivity index (χ0v) is 11.8. The van der Waals surface area contributed by atoms with Gasteiger partial charge < -0.3 is 9.67 Å². The number of fused-ring (bicyclic) bond motifs is 1. The fraction of sp³-hybridized carbons (Fsp3) is 0.400. The van der Waals surface area contributed by atoms with Gasteiger partial charge >= 0.3 is 12.1 Å². The van der Waals surface area contributed by atoms with Crippen LogP contribution in [0.2, 0.25) is 0 Å². The van der Waals surface area contributed by atoms with E-state index in [1.165, 1.54) is 6.07 Å². The molecule has 114 valence electrons. The third-order valence-electron chi connectivity index (χ3n) is 3.73. The first-order chi connectivity index (χ1) is 9.70. The molecule has 2 rings (SSSR count). The van der Waals surface area contributed by atoms with Gasteiger partial charge in [0.2, 0.25) is 0 Å². The molecule has 1 aromatic carbocycles. The van der Waals surface area contributed by atoms with Crippen LogP contribution in [0.15, 0.2) is 18.2 Å². The van der Waals surface area contributed by atoms with Gasteiger partial charge in [0.25, 0.3) is 0 Å². The Bertz CT molecular complexity index is 686. The van der Waals surface area contributed by atoms with E-state index in [1.807, 2.05) is 18.4 Å². The summed E-state index contributed by atoms with van der Waals surface area (Å²) in [4.78, 5) is 11.0. The fourth-order valence-corrected chi connectivity index (χ4v) is 2.51. The lowest BCUT2D eigenvalue weighted by Crippen LogP contribution is -2.10. The van der Waals surface area contributed by atoms with E-state index in [-0.39, 0.29) is 18.5 Å². The molecule has 0 spiro atoms. The van der Waals surface area contributed by atoms with E-state index in [0.717, 1.165) is 22.2 Å². The second-order valence-corrected chi connectivity index (χ2v) is 5.12. The standard InChI is InChI=1S/C15H16F3NO2/c1-9-10(2)19(7-3-6-15(16,17)18)13-5-4-11(14(20)21)8-12(9)13/h4-5,8H,3,6-7H2,1-2H3,(H,20,21). The molecule has 21 heavy (non-hydrogen) atoms. The number of benzene rings is 1. The molecule has 3 nitrogen and oxygen atoms in total. The van der Waals surface area contributed by atoms with E-state index >= 15 is 0 Å². The van der Waals surface area contributed by atoms with E-state index in [0.29, 0.717) is 0 Å². The van der Waals surface area contributed by atoms with Crippen LogP contribution in [0, 0.1) is 13.8 Å². The zero-order valence-electron chi connectivity index (χ0n) is 11.8. The van der Waals surface area contributed by atoms with Crippen LogP contribution in [0.25, 0.3) is 10.9 Å². The zero-order chi connectivity index (χ0) is 15.8. The molecule has 0 unspecified atom stereocenters. The minimum Gasteiger partial charge on any atom is -0.478 e. The normalized spacial score (nSPS) is 12.0. The van der Waals surface area contributed by atoms with Gasteiger partial charge in [0, 0.05) is 29.6 Å². The van der Waals surface area contributed by atoms with Gasteiger partial charge in [0.15, 0.2) is 0 Å². The van der Waals surface area contributed by atoms with Crippen LogP contribution in [0.3, 0.4) is 0 Å². The van der Waals surface area contributed by atoms with Gasteiger partial charge in [-0.25, -0.2) is 4.79 Å². The number of carbonyl (C=O) groups is 1. The molecule has 1 heterocycles. The Morgan fingerprint density at radius 3 is 2.52 bits per heavy atom. The van der Waals surface area contributed by atoms with Crippen molar-refractivity contribution in [1.29, 1.82) is 0 Å². The Morgan fingerprint density at radius 2 is 1.95 bits per heavy atom. The van der Waals surface area contributed by atoms with Crippen molar-refractivity contribution in [1.82, 2.24) is 4.57 Å². The maximum Gasteiger partial charge on any atom is 0.389 e. The molecule has 1 N–H and O–H groups in total. The Morgan fingerprint density at radius 1 is 1.29 bits per heavy atom. The van der Waals surface area contributed by atoms with E-state index < -0.39 is 18.6 Å². The molecule has 6 heteroatoms. The van der Waals surface area contributed by atoms with Crippen LogP contribution >= 0.6 is 0 Å². The predicted molar refractivity (Wildman–Crippen MR) is 73.7 cm³/mol. The Hall–Kier alpha value is -1.98. The average molecular weight is 299 g/mol. The van der Waals surface area contributed by atoms with Crippen LogP contribution in [-0.4, -0.2) is 21.8 Å². The fourth-order valence-electron chi connectivity index (χ4n) is 2.51. The van der Waals surface area contributed by atoms with Gasteiger partial charge in [-0.15, -0.1) is 0 Å². The minimum atomic E-state index is -4.15. The summed E-state index contributed by atoms with van der Waals surface area (Å²) in [6.45, 7) is 3.95. The second kappa shape index (κ2) is 5.42. The van der Waals surface area contributed by atoms with Crippen molar-refractivity contribution < 1.29 is 23.1 Å². The summed E-state index contributed by atoms with van der Waals surface area (Å²) in [5.41, 5.74) is 2.73. The highest BCUT2D eigenvalue weighted by Crippen LogP contribution is 2.28. The highest BCUT2D eigenvalue weighted by atomic mass is 19.4. The molecule has 0 aliphatic rings. The number of aromatic nitrogens is 1. The molecular formula is C15H16F3NO2. The molecule has 0 aliphatic carbocycles. The number of aryl methyl sites for hydroxylation is 2. The maximum atomic E-state index is 12.2. The molecule has 0 amide bonds. The summed E-state index contributed by atoms with van der Waals surface area (Å²) < 4.78 is 38.6. The number of rotatable bonds is 4. The van der Waals surface area contributed by atoms with Gasteiger partial charge in [-0.3, -0.25) is 0 Å². The van der Waals surface area contributed by atoms with Crippen molar-refractivity contribution in [2.75, 3.05) is 0 Å².